The van der Waals surface area contributed by atoms with Gasteiger partial charge in [-0.05, 0) is 31.9 Å². The highest BCUT2D eigenvalue weighted by Crippen LogP contribution is 2.32. The van der Waals surface area contributed by atoms with Gasteiger partial charge >= 0.3 is 0 Å². The molecule has 1 aliphatic carbocycles. The van der Waals surface area contributed by atoms with Gasteiger partial charge in [0.2, 0.25) is 0 Å². The molecule has 0 amide bonds. The number of hydrogen-bond donors (Lipinski definition) is 1. The predicted octanol–water partition coefficient (Wildman–Crippen LogP) is 2.93. The third kappa shape index (κ3) is 1.97. The van der Waals surface area contributed by atoms with Crippen LogP contribution in [0.4, 0.5) is 0 Å². The number of nitrogens with zero attached hydrogens (tertiary/aromatic N) is 2. The molecule has 1 fully saturated rings. The summed E-state index contributed by atoms with van der Waals surface area (Å²) in [6, 6.07) is 4.00. The van der Waals surface area contributed by atoms with Crippen LogP contribution in [0.1, 0.15) is 37.5 Å². The summed E-state index contributed by atoms with van der Waals surface area (Å²) in [5, 5.41) is 10.1. The highest BCUT2D eigenvalue weighted by molar-refractivity contribution is 5.48. The summed E-state index contributed by atoms with van der Waals surface area (Å²) in [6.07, 6.45) is 7.59. The molecule has 0 bridgehead atoms. The van der Waals surface area contributed by atoms with Gasteiger partial charge in [0.1, 0.15) is 5.76 Å². The lowest BCUT2D eigenvalue weighted by Crippen LogP contribution is -2.27. The predicted molar refractivity (Wildman–Crippen MR) is 68.2 cm³/mol. The van der Waals surface area contributed by atoms with Crippen molar-refractivity contribution in [3.8, 4) is 11.6 Å². The fraction of sp³-hybridized carbons (Fsp3) is 0.500. The topological polar surface area (TPSA) is 51.2 Å². The molecule has 2 heterocycles. The van der Waals surface area contributed by atoms with Crippen molar-refractivity contribution >= 4 is 0 Å². The van der Waals surface area contributed by atoms with E-state index in [1.807, 2.05) is 25.3 Å². The number of furan rings is 1. The molecule has 0 radical (unpaired) electrons. The zero-order valence-corrected chi connectivity index (χ0v) is 10.5. The second-order valence-corrected chi connectivity index (χ2v) is 4.99. The maximum Gasteiger partial charge on any atom is 0.176 e. The summed E-state index contributed by atoms with van der Waals surface area (Å²) in [7, 11) is 0. The van der Waals surface area contributed by atoms with Crippen LogP contribution < -0.4 is 0 Å². The summed E-state index contributed by atoms with van der Waals surface area (Å²) in [5.74, 6) is 2.47. The largest absolute Gasteiger partial charge is 0.458 e. The number of rotatable bonds is 2. The minimum atomic E-state index is -0.275. The first-order chi connectivity index (χ1) is 8.75. The molecule has 4 heteroatoms. The van der Waals surface area contributed by atoms with Gasteiger partial charge < -0.3 is 14.1 Å². The molecular formula is C14H18N2O2. The molecule has 1 saturated carbocycles. The first kappa shape index (κ1) is 11.5. The van der Waals surface area contributed by atoms with Crippen LogP contribution in [-0.2, 0) is 0 Å². The molecule has 2 aromatic rings. The highest BCUT2D eigenvalue weighted by atomic mass is 16.3. The summed E-state index contributed by atoms with van der Waals surface area (Å²) < 4.78 is 7.69. The SMILES string of the molecule is Cc1ccc(-c2nccn2[C@H]2CCCC[C@@H]2O)o1. The molecule has 2 atom stereocenters. The van der Waals surface area contributed by atoms with Gasteiger partial charge in [-0.1, -0.05) is 12.8 Å². The van der Waals surface area contributed by atoms with Crippen molar-refractivity contribution in [2.75, 3.05) is 0 Å². The van der Waals surface area contributed by atoms with E-state index in [0.717, 1.165) is 43.0 Å². The molecule has 4 nitrogen and oxygen atoms in total. The van der Waals surface area contributed by atoms with Crippen molar-refractivity contribution in [1.82, 2.24) is 9.55 Å². The fourth-order valence-corrected chi connectivity index (χ4v) is 2.74. The molecule has 0 unspecified atom stereocenters. The normalized spacial score (nSPS) is 24.3. The Kier molecular flexibility index (Phi) is 2.96. The van der Waals surface area contributed by atoms with Crippen molar-refractivity contribution < 1.29 is 9.52 Å². The van der Waals surface area contributed by atoms with Crippen molar-refractivity contribution in [2.24, 2.45) is 0 Å². The van der Waals surface area contributed by atoms with E-state index in [1.165, 1.54) is 0 Å². The molecule has 0 aromatic carbocycles. The van der Waals surface area contributed by atoms with Gasteiger partial charge in [0.05, 0.1) is 12.1 Å². The first-order valence-corrected chi connectivity index (χ1v) is 6.53. The van der Waals surface area contributed by atoms with E-state index in [2.05, 4.69) is 9.55 Å². The van der Waals surface area contributed by atoms with Gasteiger partial charge in [0.25, 0.3) is 0 Å². The zero-order chi connectivity index (χ0) is 12.5. The van der Waals surface area contributed by atoms with Gasteiger partial charge in [-0.3, -0.25) is 0 Å². The smallest absolute Gasteiger partial charge is 0.176 e. The number of hydrogen-bond acceptors (Lipinski definition) is 3. The highest BCUT2D eigenvalue weighted by Gasteiger charge is 2.27. The molecule has 0 saturated heterocycles. The monoisotopic (exact) mass is 246 g/mol. The summed E-state index contributed by atoms with van der Waals surface area (Å²) in [5.41, 5.74) is 0. The molecule has 96 valence electrons. The maximum atomic E-state index is 10.1. The van der Waals surface area contributed by atoms with Crippen LogP contribution in [0.2, 0.25) is 0 Å². The van der Waals surface area contributed by atoms with E-state index in [4.69, 9.17) is 4.42 Å². The standard InChI is InChI=1S/C14H18N2O2/c1-10-6-7-13(18-10)14-15-8-9-16(14)11-4-2-3-5-12(11)17/h6-9,11-12,17H,2-5H2,1H3/t11-,12-/m0/s1. The molecule has 2 aromatic heterocycles. The Bertz CT molecular complexity index is 529. The molecule has 0 aliphatic heterocycles. The van der Waals surface area contributed by atoms with Crippen molar-refractivity contribution in [1.29, 1.82) is 0 Å². The minimum Gasteiger partial charge on any atom is -0.458 e. The maximum absolute atomic E-state index is 10.1. The van der Waals surface area contributed by atoms with Gasteiger partial charge in [0.15, 0.2) is 11.6 Å². The zero-order valence-electron chi connectivity index (χ0n) is 10.5. The summed E-state index contributed by atoms with van der Waals surface area (Å²) in [6.45, 7) is 1.92. The molecule has 0 spiro atoms. The fourth-order valence-electron chi connectivity index (χ4n) is 2.74. The van der Waals surface area contributed by atoms with E-state index in [0.29, 0.717) is 0 Å². The lowest BCUT2D eigenvalue weighted by atomic mass is 9.92. The molecule has 1 aliphatic rings. The second kappa shape index (κ2) is 4.61. The van der Waals surface area contributed by atoms with Gasteiger partial charge in [-0.25, -0.2) is 4.98 Å². The average Bonchev–Trinajstić information content (AvgIpc) is 2.98. The quantitative estimate of drug-likeness (QED) is 0.886. The Morgan fingerprint density at radius 1 is 1.33 bits per heavy atom. The van der Waals surface area contributed by atoms with Crippen LogP contribution in [-0.4, -0.2) is 20.8 Å². The van der Waals surface area contributed by atoms with Crippen LogP contribution in [0.5, 0.6) is 0 Å². The number of imidazole rings is 1. The number of aliphatic hydroxyl groups excluding tert-OH is 1. The van der Waals surface area contributed by atoms with E-state index in [-0.39, 0.29) is 12.1 Å². The third-order valence-electron chi connectivity index (χ3n) is 3.68. The van der Waals surface area contributed by atoms with Gasteiger partial charge in [-0.2, -0.15) is 0 Å². The Morgan fingerprint density at radius 3 is 2.89 bits per heavy atom. The third-order valence-corrected chi connectivity index (χ3v) is 3.68. The van der Waals surface area contributed by atoms with Gasteiger partial charge in [0, 0.05) is 12.4 Å². The lowest BCUT2D eigenvalue weighted by Gasteiger charge is -2.29. The lowest BCUT2D eigenvalue weighted by molar-refractivity contribution is 0.0760. The Balaban J connectivity index is 1.95. The van der Waals surface area contributed by atoms with Crippen LogP contribution in [0.3, 0.4) is 0 Å². The van der Waals surface area contributed by atoms with Crippen LogP contribution >= 0.6 is 0 Å². The Hall–Kier alpha value is -1.55. The number of aliphatic hydroxyl groups is 1. The number of aryl methyl sites for hydroxylation is 1. The van der Waals surface area contributed by atoms with E-state index in [1.54, 1.807) is 6.20 Å². The summed E-state index contributed by atoms with van der Waals surface area (Å²) in [4.78, 5) is 4.37. The first-order valence-electron chi connectivity index (χ1n) is 6.53. The van der Waals surface area contributed by atoms with E-state index >= 15 is 0 Å². The second-order valence-electron chi connectivity index (χ2n) is 4.99. The van der Waals surface area contributed by atoms with Crippen molar-refractivity contribution in [3.63, 3.8) is 0 Å². The van der Waals surface area contributed by atoms with Crippen LogP contribution in [0.15, 0.2) is 28.9 Å². The molecule has 1 N–H and O–H groups in total. The van der Waals surface area contributed by atoms with Crippen LogP contribution in [0.25, 0.3) is 11.6 Å². The van der Waals surface area contributed by atoms with Crippen LogP contribution in [0, 0.1) is 6.92 Å². The molecular weight excluding hydrogens is 228 g/mol. The number of aromatic nitrogens is 2. The van der Waals surface area contributed by atoms with E-state index < -0.39 is 0 Å². The van der Waals surface area contributed by atoms with Gasteiger partial charge in [-0.15, -0.1) is 0 Å². The van der Waals surface area contributed by atoms with Crippen molar-refractivity contribution in [2.45, 2.75) is 44.8 Å². The van der Waals surface area contributed by atoms with Crippen molar-refractivity contribution in [3.05, 3.63) is 30.3 Å². The molecule has 3 rings (SSSR count). The minimum absolute atomic E-state index is 0.127. The average molecular weight is 246 g/mol. The Morgan fingerprint density at radius 2 is 2.17 bits per heavy atom. The molecule has 18 heavy (non-hydrogen) atoms. The summed E-state index contributed by atoms with van der Waals surface area (Å²) >= 11 is 0. The Labute approximate surface area is 106 Å². The van der Waals surface area contributed by atoms with E-state index in [9.17, 15) is 5.11 Å².